The van der Waals surface area contributed by atoms with Crippen LogP contribution in [-0.4, -0.2) is 32.4 Å². The summed E-state index contributed by atoms with van der Waals surface area (Å²) in [6.45, 7) is 0. The van der Waals surface area contributed by atoms with Crippen LogP contribution in [0.4, 0.5) is 0 Å². The predicted molar refractivity (Wildman–Crippen MR) is 67.1 cm³/mol. The molecule has 1 heterocycles. The van der Waals surface area contributed by atoms with Gasteiger partial charge in [-0.05, 0) is 17.7 Å². The summed E-state index contributed by atoms with van der Waals surface area (Å²) in [5.41, 5.74) is 5.00. The van der Waals surface area contributed by atoms with E-state index in [0.29, 0.717) is 16.3 Å². The Morgan fingerprint density at radius 1 is 1.42 bits per heavy atom. The van der Waals surface area contributed by atoms with Gasteiger partial charge in [0.1, 0.15) is 6.10 Å². The minimum atomic E-state index is -1.29. The summed E-state index contributed by atoms with van der Waals surface area (Å²) >= 11 is 0. The molecule has 2 rings (SSSR count). The Kier molecular flexibility index (Phi) is 3.59. The van der Waals surface area contributed by atoms with Crippen LogP contribution in [0.15, 0.2) is 29.2 Å². The molecule has 1 amide bonds. The van der Waals surface area contributed by atoms with Gasteiger partial charge < -0.3 is 15.9 Å². The van der Waals surface area contributed by atoms with Crippen molar-refractivity contribution in [1.29, 1.82) is 0 Å². The molecule has 1 aromatic heterocycles. The van der Waals surface area contributed by atoms with Gasteiger partial charge >= 0.3 is 0 Å². The van der Waals surface area contributed by atoms with E-state index in [-0.39, 0.29) is 12.0 Å². The number of nitrogens with one attached hydrogen (secondary N) is 1. The lowest BCUT2D eigenvalue weighted by molar-refractivity contribution is -0.121. The van der Waals surface area contributed by atoms with Crippen molar-refractivity contribution in [2.75, 3.05) is 0 Å². The number of rotatable bonds is 4. The second-order valence-electron chi connectivity index (χ2n) is 4.23. The topological polar surface area (TPSA) is 129 Å². The zero-order valence-electron chi connectivity index (χ0n) is 9.91. The third-order valence-corrected chi connectivity index (χ3v) is 2.81. The van der Waals surface area contributed by atoms with Gasteiger partial charge in [0.2, 0.25) is 5.91 Å². The number of amides is 1. The fraction of sp³-hybridized carbons (Fsp3) is 0.250. The number of nitrogens with two attached hydrogens (primary N) is 1. The molecule has 0 radical (unpaired) electrons. The lowest BCUT2D eigenvalue weighted by atomic mass is 10.00. The summed E-state index contributed by atoms with van der Waals surface area (Å²) in [5.74, 6) is -0.703. The number of benzene rings is 1. The summed E-state index contributed by atoms with van der Waals surface area (Å²) in [4.78, 5) is 22.1. The van der Waals surface area contributed by atoms with Gasteiger partial charge in [-0.1, -0.05) is 6.07 Å². The van der Waals surface area contributed by atoms with E-state index in [4.69, 9.17) is 5.73 Å². The van der Waals surface area contributed by atoms with Crippen LogP contribution in [0.3, 0.4) is 0 Å². The van der Waals surface area contributed by atoms with Crippen molar-refractivity contribution in [2.45, 2.75) is 18.6 Å². The zero-order valence-corrected chi connectivity index (χ0v) is 9.91. The van der Waals surface area contributed by atoms with E-state index in [0.717, 1.165) is 0 Å². The standard InChI is InChI=1S/C12H13N3O4/c13-10(17)4-9(16)11(18)6-1-2-8-7(3-6)5-14-15-12(8)19/h1-3,5,9,11,16,18H,4H2,(H2,13,17)(H,15,19). The summed E-state index contributed by atoms with van der Waals surface area (Å²) in [7, 11) is 0. The Labute approximate surface area is 107 Å². The largest absolute Gasteiger partial charge is 0.390 e. The van der Waals surface area contributed by atoms with Gasteiger partial charge in [-0.2, -0.15) is 5.10 Å². The molecule has 19 heavy (non-hydrogen) atoms. The second kappa shape index (κ2) is 5.17. The van der Waals surface area contributed by atoms with Crippen molar-refractivity contribution in [2.24, 2.45) is 5.73 Å². The molecule has 0 spiro atoms. The van der Waals surface area contributed by atoms with Crippen molar-refractivity contribution in [1.82, 2.24) is 10.2 Å². The monoisotopic (exact) mass is 263 g/mol. The van der Waals surface area contributed by atoms with E-state index in [1.807, 2.05) is 0 Å². The third kappa shape index (κ3) is 2.78. The normalized spacial score (nSPS) is 14.2. The maximum atomic E-state index is 11.4. The summed E-state index contributed by atoms with van der Waals surface area (Å²) in [6, 6.07) is 4.56. The Bertz CT molecular complexity index is 667. The molecule has 2 aromatic rings. The number of H-pyrrole nitrogens is 1. The van der Waals surface area contributed by atoms with Crippen molar-refractivity contribution in [3.8, 4) is 0 Å². The lowest BCUT2D eigenvalue weighted by Gasteiger charge is -2.17. The Morgan fingerprint density at radius 2 is 2.16 bits per heavy atom. The highest BCUT2D eigenvalue weighted by Gasteiger charge is 2.20. The van der Waals surface area contributed by atoms with Gasteiger partial charge in [0.15, 0.2) is 0 Å². The van der Waals surface area contributed by atoms with Gasteiger partial charge in [0, 0.05) is 5.39 Å². The highest BCUT2D eigenvalue weighted by Crippen LogP contribution is 2.21. The lowest BCUT2D eigenvalue weighted by Crippen LogP contribution is -2.25. The van der Waals surface area contributed by atoms with E-state index in [2.05, 4.69) is 10.2 Å². The predicted octanol–water partition coefficient (Wildman–Crippen LogP) is -0.807. The molecule has 0 aliphatic carbocycles. The number of hydrogen-bond donors (Lipinski definition) is 4. The third-order valence-electron chi connectivity index (χ3n) is 2.81. The minimum absolute atomic E-state index is 0.337. The van der Waals surface area contributed by atoms with Crippen LogP contribution in [0.2, 0.25) is 0 Å². The molecule has 0 aliphatic rings. The van der Waals surface area contributed by atoms with Crippen molar-refractivity contribution < 1.29 is 15.0 Å². The molecule has 5 N–H and O–H groups in total. The first-order valence-electron chi connectivity index (χ1n) is 5.61. The minimum Gasteiger partial charge on any atom is -0.390 e. The van der Waals surface area contributed by atoms with Crippen molar-refractivity contribution in [3.63, 3.8) is 0 Å². The number of carbonyl (C=O) groups excluding carboxylic acids is 1. The number of aromatic amines is 1. The van der Waals surface area contributed by atoms with E-state index in [1.165, 1.54) is 24.4 Å². The first-order chi connectivity index (χ1) is 8.99. The van der Waals surface area contributed by atoms with Gasteiger partial charge in [0.25, 0.3) is 5.56 Å². The molecule has 0 fully saturated rings. The van der Waals surface area contributed by atoms with Gasteiger partial charge in [-0.25, -0.2) is 5.10 Å². The van der Waals surface area contributed by atoms with Crippen molar-refractivity contribution >= 4 is 16.7 Å². The molecule has 2 atom stereocenters. The van der Waals surface area contributed by atoms with E-state index in [1.54, 1.807) is 0 Å². The number of primary amides is 1. The molecular weight excluding hydrogens is 250 g/mol. The number of aliphatic hydroxyl groups excluding tert-OH is 2. The molecule has 0 bridgehead atoms. The number of hydrogen-bond acceptors (Lipinski definition) is 5. The molecular formula is C12H13N3O4. The number of aromatic nitrogens is 2. The van der Waals surface area contributed by atoms with Crippen LogP contribution in [0.1, 0.15) is 18.1 Å². The maximum Gasteiger partial charge on any atom is 0.272 e. The Hall–Kier alpha value is -2.25. The van der Waals surface area contributed by atoms with Gasteiger partial charge in [-0.15, -0.1) is 0 Å². The molecule has 7 nitrogen and oxygen atoms in total. The van der Waals surface area contributed by atoms with Crippen molar-refractivity contribution in [3.05, 3.63) is 40.3 Å². The maximum absolute atomic E-state index is 11.4. The van der Waals surface area contributed by atoms with Crippen LogP contribution in [0, 0.1) is 0 Å². The highest BCUT2D eigenvalue weighted by atomic mass is 16.3. The molecule has 7 heteroatoms. The van der Waals surface area contributed by atoms with Gasteiger partial charge in [0.05, 0.1) is 24.1 Å². The Balaban J connectivity index is 2.35. The summed E-state index contributed by atoms with van der Waals surface area (Å²) in [5, 5.41) is 26.4. The van der Waals surface area contributed by atoms with E-state index in [9.17, 15) is 19.8 Å². The fourth-order valence-corrected chi connectivity index (χ4v) is 1.84. The Morgan fingerprint density at radius 3 is 2.84 bits per heavy atom. The molecule has 100 valence electrons. The van der Waals surface area contributed by atoms with Gasteiger partial charge in [-0.3, -0.25) is 9.59 Å². The smallest absolute Gasteiger partial charge is 0.272 e. The number of aliphatic hydroxyl groups is 2. The van der Waals surface area contributed by atoms with E-state index >= 15 is 0 Å². The average Bonchev–Trinajstić information content (AvgIpc) is 2.37. The number of carbonyl (C=O) groups is 1. The van der Waals surface area contributed by atoms with Crippen LogP contribution in [-0.2, 0) is 4.79 Å². The number of fused-ring (bicyclic) bond motifs is 1. The molecule has 0 aliphatic heterocycles. The molecule has 1 aromatic carbocycles. The first kappa shape index (κ1) is 13.2. The molecule has 2 unspecified atom stereocenters. The van der Waals surface area contributed by atoms with Crippen LogP contribution in [0.5, 0.6) is 0 Å². The van der Waals surface area contributed by atoms with E-state index < -0.39 is 18.1 Å². The van der Waals surface area contributed by atoms with Crippen LogP contribution < -0.4 is 11.3 Å². The average molecular weight is 263 g/mol. The fourth-order valence-electron chi connectivity index (χ4n) is 1.84. The second-order valence-corrected chi connectivity index (χ2v) is 4.23. The van der Waals surface area contributed by atoms with Crippen LogP contribution >= 0.6 is 0 Å². The quantitative estimate of drug-likeness (QED) is 0.573. The highest BCUT2D eigenvalue weighted by molar-refractivity contribution is 5.81. The van der Waals surface area contributed by atoms with Crippen LogP contribution in [0.25, 0.3) is 10.8 Å². The SMILES string of the molecule is NC(=O)CC(O)C(O)c1ccc2c(=O)[nH]ncc2c1. The number of nitrogens with zero attached hydrogens (tertiary/aromatic N) is 1. The molecule has 0 saturated heterocycles. The molecule has 0 saturated carbocycles. The summed E-state index contributed by atoms with van der Waals surface area (Å²) < 4.78 is 0. The summed E-state index contributed by atoms with van der Waals surface area (Å²) in [6.07, 6.45) is -1.44. The zero-order chi connectivity index (χ0) is 14.0. The first-order valence-corrected chi connectivity index (χ1v) is 5.61.